The van der Waals surface area contributed by atoms with Gasteiger partial charge in [0.25, 0.3) is 0 Å². The topological polar surface area (TPSA) is 42.7 Å². The van der Waals surface area contributed by atoms with Gasteiger partial charge >= 0.3 is 0 Å². The fourth-order valence-electron chi connectivity index (χ4n) is 1.99. The highest BCUT2D eigenvalue weighted by molar-refractivity contribution is 14.1. The van der Waals surface area contributed by atoms with Crippen LogP contribution in [0.2, 0.25) is 0 Å². The van der Waals surface area contributed by atoms with E-state index in [9.17, 15) is 0 Å². The zero-order valence-corrected chi connectivity index (χ0v) is 12.8. The van der Waals surface area contributed by atoms with E-state index in [1.54, 1.807) is 4.68 Å². The van der Waals surface area contributed by atoms with Crippen LogP contribution in [0.5, 0.6) is 0 Å². The van der Waals surface area contributed by atoms with Crippen molar-refractivity contribution in [1.29, 1.82) is 0 Å². The fourth-order valence-corrected chi connectivity index (χ4v) is 2.76. The van der Waals surface area contributed by atoms with Crippen LogP contribution in [0.15, 0.2) is 30.5 Å². The van der Waals surface area contributed by atoms with Crippen molar-refractivity contribution in [1.82, 2.24) is 20.3 Å². The second-order valence-corrected chi connectivity index (χ2v) is 5.38. The maximum absolute atomic E-state index is 4.16. The number of hydrogen-bond donors (Lipinski definition) is 1. The maximum Gasteiger partial charge on any atom is 0.0845 e. The van der Waals surface area contributed by atoms with E-state index in [1.807, 2.05) is 13.2 Å². The van der Waals surface area contributed by atoms with E-state index < -0.39 is 0 Å². The number of rotatable bonds is 5. The Hall–Kier alpha value is -0.950. The molecule has 1 heterocycles. The normalized spacial score (nSPS) is 12.6. The Kier molecular flexibility index (Phi) is 4.71. The average molecular weight is 356 g/mol. The summed E-state index contributed by atoms with van der Waals surface area (Å²) in [4.78, 5) is 0. The molecule has 1 aromatic heterocycles. The summed E-state index contributed by atoms with van der Waals surface area (Å²) in [6.45, 7) is 3.06. The number of nitrogens with zero attached hydrogens (tertiary/aromatic N) is 3. The summed E-state index contributed by atoms with van der Waals surface area (Å²) in [7, 11) is 1.89. The predicted molar refractivity (Wildman–Crippen MR) is 80.3 cm³/mol. The summed E-state index contributed by atoms with van der Waals surface area (Å²) in [6, 6.07) is 8.75. The van der Waals surface area contributed by atoms with Gasteiger partial charge < -0.3 is 5.32 Å². The lowest BCUT2D eigenvalue weighted by molar-refractivity contribution is 0.541. The minimum absolute atomic E-state index is 0.291. The summed E-state index contributed by atoms with van der Waals surface area (Å²) in [5.41, 5.74) is 2.34. The van der Waals surface area contributed by atoms with E-state index in [0.29, 0.717) is 6.04 Å². The van der Waals surface area contributed by atoms with Crippen molar-refractivity contribution < 1.29 is 0 Å². The number of hydrogen-bond acceptors (Lipinski definition) is 3. The molecule has 1 aromatic carbocycles. The van der Waals surface area contributed by atoms with Crippen LogP contribution in [0.25, 0.3) is 0 Å². The third-order valence-electron chi connectivity index (χ3n) is 2.79. The van der Waals surface area contributed by atoms with Crippen LogP contribution in [0.1, 0.15) is 24.2 Å². The first-order valence-corrected chi connectivity index (χ1v) is 7.11. The highest BCUT2D eigenvalue weighted by atomic mass is 127. The zero-order chi connectivity index (χ0) is 13.0. The summed E-state index contributed by atoms with van der Waals surface area (Å²) in [5, 5.41) is 11.7. The van der Waals surface area contributed by atoms with Gasteiger partial charge in [-0.25, -0.2) is 0 Å². The molecule has 96 valence electrons. The number of likely N-dealkylation sites (N-methyl/N-ethyl adjacent to an activating group) is 1. The zero-order valence-electron chi connectivity index (χ0n) is 10.6. The number of benzene rings is 1. The van der Waals surface area contributed by atoms with Crippen LogP contribution < -0.4 is 5.32 Å². The Labute approximate surface area is 121 Å². The Morgan fingerprint density at radius 3 is 2.78 bits per heavy atom. The van der Waals surface area contributed by atoms with Crippen LogP contribution in [-0.4, -0.2) is 21.5 Å². The van der Waals surface area contributed by atoms with E-state index in [4.69, 9.17) is 0 Å². The molecule has 2 rings (SSSR count). The van der Waals surface area contributed by atoms with Crippen molar-refractivity contribution in [3.8, 4) is 0 Å². The fraction of sp³-hybridized carbons (Fsp3) is 0.385. The lowest BCUT2D eigenvalue weighted by atomic mass is 10.0. The molecule has 0 amide bonds. The molecule has 0 aliphatic rings. The van der Waals surface area contributed by atoms with Gasteiger partial charge in [0.15, 0.2) is 0 Å². The Morgan fingerprint density at radius 2 is 2.17 bits per heavy atom. The number of aryl methyl sites for hydroxylation is 1. The molecule has 0 aliphatic carbocycles. The second-order valence-electron chi connectivity index (χ2n) is 4.22. The third-order valence-corrected chi connectivity index (χ3v) is 3.78. The van der Waals surface area contributed by atoms with Crippen LogP contribution in [-0.2, 0) is 13.5 Å². The number of halogens is 1. The molecule has 4 nitrogen and oxygen atoms in total. The molecule has 0 bridgehead atoms. The molecule has 18 heavy (non-hydrogen) atoms. The molecule has 0 saturated heterocycles. The van der Waals surface area contributed by atoms with Crippen molar-refractivity contribution in [2.45, 2.75) is 19.4 Å². The van der Waals surface area contributed by atoms with Crippen molar-refractivity contribution in [3.63, 3.8) is 0 Å². The molecule has 5 heteroatoms. The van der Waals surface area contributed by atoms with Crippen LogP contribution in [0.4, 0.5) is 0 Å². The quantitative estimate of drug-likeness (QED) is 0.837. The highest BCUT2D eigenvalue weighted by Gasteiger charge is 2.15. The van der Waals surface area contributed by atoms with E-state index in [1.165, 1.54) is 9.13 Å². The molecule has 1 unspecified atom stereocenters. The van der Waals surface area contributed by atoms with E-state index in [-0.39, 0.29) is 0 Å². The summed E-state index contributed by atoms with van der Waals surface area (Å²) >= 11 is 2.38. The first kappa shape index (κ1) is 13.5. The average Bonchev–Trinajstić information content (AvgIpc) is 2.75. The smallest absolute Gasteiger partial charge is 0.0845 e. The van der Waals surface area contributed by atoms with Gasteiger partial charge in [-0.2, -0.15) is 0 Å². The largest absolute Gasteiger partial charge is 0.310 e. The second kappa shape index (κ2) is 6.29. The van der Waals surface area contributed by atoms with Crippen molar-refractivity contribution in [3.05, 3.63) is 45.3 Å². The van der Waals surface area contributed by atoms with Crippen LogP contribution in [0, 0.1) is 3.57 Å². The van der Waals surface area contributed by atoms with Crippen molar-refractivity contribution in [2.24, 2.45) is 7.05 Å². The molecule has 1 N–H and O–H groups in total. The number of aromatic nitrogens is 3. The summed E-state index contributed by atoms with van der Waals surface area (Å²) < 4.78 is 3.03. The van der Waals surface area contributed by atoms with E-state index >= 15 is 0 Å². The molecule has 0 saturated carbocycles. The molecule has 2 aromatic rings. The highest BCUT2D eigenvalue weighted by Crippen LogP contribution is 2.22. The molecule has 0 spiro atoms. The first-order chi connectivity index (χ1) is 8.70. The third kappa shape index (κ3) is 3.29. The van der Waals surface area contributed by atoms with E-state index in [2.05, 4.69) is 69.4 Å². The van der Waals surface area contributed by atoms with Crippen LogP contribution >= 0.6 is 22.6 Å². The van der Waals surface area contributed by atoms with Gasteiger partial charge in [-0.05, 0) is 40.8 Å². The predicted octanol–water partition coefficient (Wildman–Crippen LogP) is 2.31. The van der Waals surface area contributed by atoms with Crippen LogP contribution in [0.3, 0.4) is 0 Å². The lowest BCUT2D eigenvalue weighted by Crippen LogP contribution is -2.23. The Balaban J connectivity index is 2.20. The molecule has 0 aliphatic heterocycles. The van der Waals surface area contributed by atoms with Gasteiger partial charge in [-0.15, -0.1) is 5.10 Å². The minimum atomic E-state index is 0.291. The van der Waals surface area contributed by atoms with Gasteiger partial charge in [-0.1, -0.05) is 30.3 Å². The number of nitrogens with one attached hydrogen (secondary N) is 1. The molecule has 0 fully saturated rings. The standard InChI is InChI=1S/C13H17IN4/c1-3-15-13(8-10-9-18(2)17-16-10)11-6-4-5-7-12(11)14/h4-7,9,13,15H,3,8H2,1-2H3. The summed E-state index contributed by atoms with van der Waals surface area (Å²) in [6.07, 6.45) is 2.84. The molecule has 1 atom stereocenters. The van der Waals surface area contributed by atoms with Gasteiger partial charge in [-0.3, -0.25) is 4.68 Å². The maximum atomic E-state index is 4.16. The Bertz CT molecular complexity index is 509. The summed E-state index contributed by atoms with van der Waals surface area (Å²) in [5.74, 6) is 0. The monoisotopic (exact) mass is 356 g/mol. The minimum Gasteiger partial charge on any atom is -0.310 e. The SMILES string of the molecule is CCNC(Cc1cn(C)nn1)c1ccccc1I. The van der Waals surface area contributed by atoms with E-state index in [0.717, 1.165) is 18.7 Å². The van der Waals surface area contributed by atoms with Gasteiger partial charge in [0.1, 0.15) is 0 Å². The van der Waals surface area contributed by atoms with Gasteiger partial charge in [0.05, 0.1) is 5.69 Å². The first-order valence-electron chi connectivity index (χ1n) is 6.03. The van der Waals surface area contributed by atoms with Crippen molar-refractivity contribution in [2.75, 3.05) is 6.54 Å². The molecular weight excluding hydrogens is 339 g/mol. The van der Waals surface area contributed by atoms with Gasteiger partial charge in [0, 0.05) is 29.3 Å². The molecule has 0 radical (unpaired) electrons. The van der Waals surface area contributed by atoms with Gasteiger partial charge in [0.2, 0.25) is 0 Å². The lowest BCUT2D eigenvalue weighted by Gasteiger charge is -2.18. The molecular formula is C13H17IN4. The van der Waals surface area contributed by atoms with Crippen molar-refractivity contribution >= 4 is 22.6 Å². The Morgan fingerprint density at radius 1 is 1.39 bits per heavy atom.